The lowest BCUT2D eigenvalue weighted by Crippen LogP contribution is -2.15. The SMILES string of the molecule is Cc1cc(CNc2n[nH]c(Cc3ccc(-c4ccccn4)cc3)c2C(N)=O)cc(C)c1O. The molecule has 2 heterocycles. The number of anilines is 1. The molecule has 2 aromatic heterocycles. The van der Waals surface area contributed by atoms with Crippen molar-refractivity contribution in [2.75, 3.05) is 5.32 Å². The van der Waals surface area contributed by atoms with E-state index in [1.165, 1.54) is 0 Å². The number of nitrogens with one attached hydrogen (secondary N) is 2. The van der Waals surface area contributed by atoms with Crippen molar-refractivity contribution >= 4 is 11.7 Å². The molecule has 0 aliphatic rings. The third kappa shape index (κ3) is 4.46. The summed E-state index contributed by atoms with van der Waals surface area (Å²) in [5, 5.41) is 20.4. The third-order valence-electron chi connectivity index (χ3n) is 5.39. The normalized spacial score (nSPS) is 10.8. The number of rotatable bonds is 7. The topological polar surface area (TPSA) is 117 Å². The molecule has 0 unspecified atom stereocenters. The van der Waals surface area contributed by atoms with Crippen molar-refractivity contribution in [1.29, 1.82) is 0 Å². The molecule has 0 bridgehead atoms. The van der Waals surface area contributed by atoms with E-state index in [9.17, 15) is 9.90 Å². The molecule has 2 aromatic carbocycles. The fourth-order valence-corrected chi connectivity index (χ4v) is 3.76. The largest absolute Gasteiger partial charge is 0.507 e. The van der Waals surface area contributed by atoms with Crippen LogP contribution in [0.2, 0.25) is 0 Å². The molecule has 0 spiro atoms. The van der Waals surface area contributed by atoms with Gasteiger partial charge in [0, 0.05) is 24.7 Å². The van der Waals surface area contributed by atoms with Gasteiger partial charge >= 0.3 is 0 Å². The molecular weight excluding hydrogens is 402 g/mol. The number of phenols is 1. The molecule has 4 rings (SSSR count). The lowest BCUT2D eigenvalue weighted by atomic mass is 10.0. The number of primary amides is 1. The van der Waals surface area contributed by atoms with Gasteiger partial charge in [0.05, 0.1) is 11.4 Å². The van der Waals surface area contributed by atoms with Crippen LogP contribution >= 0.6 is 0 Å². The Bertz CT molecular complexity index is 1220. The average molecular weight is 428 g/mol. The van der Waals surface area contributed by atoms with E-state index in [1.807, 2.05) is 68.4 Å². The van der Waals surface area contributed by atoms with E-state index in [1.54, 1.807) is 6.20 Å². The summed E-state index contributed by atoms with van der Waals surface area (Å²) in [5.41, 5.74) is 12.2. The Morgan fingerprint density at radius 3 is 2.41 bits per heavy atom. The van der Waals surface area contributed by atoms with Crippen LogP contribution in [0.1, 0.15) is 38.3 Å². The predicted octanol–water partition coefficient (Wildman–Crippen LogP) is 4.10. The number of nitrogens with zero attached hydrogens (tertiary/aromatic N) is 2. The quantitative estimate of drug-likeness (QED) is 0.354. The Morgan fingerprint density at radius 2 is 1.78 bits per heavy atom. The molecule has 0 atom stereocenters. The number of aryl methyl sites for hydroxylation is 2. The summed E-state index contributed by atoms with van der Waals surface area (Å²) in [6.07, 6.45) is 2.26. The number of hydrogen-bond acceptors (Lipinski definition) is 5. The molecule has 7 heteroatoms. The fraction of sp³-hybridized carbons (Fsp3) is 0.160. The zero-order valence-electron chi connectivity index (χ0n) is 18.0. The molecule has 32 heavy (non-hydrogen) atoms. The van der Waals surface area contributed by atoms with Gasteiger partial charge in [-0.15, -0.1) is 0 Å². The first kappa shape index (κ1) is 21.1. The molecule has 0 saturated carbocycles. The molecular formula is C25H25N5O2. The number of aromatic nitrogens is 3. The predicted molar refractivity (Wildman–Crippen MR) is 124 cm³/mol. The van der Waals surface area contributed by atoms with E-state index in [-0.39, 0.29) is 0 Å². The van der Waals surface area contributed by atoms with Crippen LogP contribution in [0.25, 0.3) is 11.3 Å². The van der Waals surface area contributed by atoms with Crippen molar-refractivity contribution in [2.24, 2.45) is 5.73 Å². The molecule has 4 aromatic rings. The third-order valence-corrected chi connectivity index (χ3v) is 5.39. The number of carbonyl (C=O) groups excluding carboxylic acids is 1. The molecule has 0 aliphatic heterocycles. The van der Waals surface area contributed by atoms with Gasteiger partial charge in [0.2, 0.25) is 0 Å². The molecule has 5 N–H and O–H groups in total. The summed E-state index contributed by atoms with van der Waals surface area (Å²) in [6.45, 7) is 4.16. The number of amides is 1. The highest BCUT2D eigenvalue weighted by Crippen LogP contribution is 2.25. The van der Waals surface area contributed by atoms with Crippen LogP contribution in [-0.4, -0.2) is 26.2 Å². The molecule has 7 nitrogen and oxygen atoms in total. The van der Waals surface area contributed by atoms with Gasteiger partial charge < -0.3 is 16.2 Å². The second-order valence-electron chi connectivity index (χ2n) is 7.81. The molecule has 0 aliphatic carbocycles. The Kier molecular flexibility index (Phi) is 5.89. The van der Waals surface area contributed by atoms with Crippen LogP contribution in [0.15, 0.2) is 60.8 Å². The summed E-state index contributed by atoms with van der Waals surface area (Å²) >= 11 is 0. The minimum absolute atomic E-state index is 0.294. The number of phenolic OH excluding ortho intramolecular Hbond substituents is 1. The number of aromatic hydroxyl groups is 1. The van der Waals surface area contributed by atoms with Crippen LogP contribution in [0.3, 0.4) is 0 Å². The summed E-state index contributed by atoms with van der Waals surface area (Å²) in [6, 6.07) is 17.6. The van der Waals surface area contributed by atoms with Gasteiger partial charge in [-0.3, -0.25) is 14.9 Å². The maximum atomic E-state index is 12.2. The van der Waals surface area contributed by atoms with E-state index < -0.39 is 5.91 Å². The van der Waals surface area contributed by atoms with Gasteiger partial charge in [0.1, 0.15) is 11.3 Å². The minimum Gasteiger partial charge on any atom is -0.507 e. The number of benzene rings is 2. The summed E-state index contributed by atoms with van der Waals surface area (Å²) in [4.78, 5) is 16.5. The van der Waals surface area contributed by atoms with Gasteiger partial charge in [-0.05, 0) is 48.2 Å². The van der Waals surface area contributed by atoms with Crippen molar-refractivity contribution in [3.8, 4) is 17.0 Å². The van der Waals surface area contributed by atoms with E-state index in [4.69, 9.17) is 5.73 Å². The Balaban J connectivity index is 1.51. The molecule has 0 saturated heterocycles. The number of aromatic amines is 1. The van der Waals surface area contributed by atoms with Crippen LogP contribution in [0, 0.1) is 13.8 Å². The molecule has 162 valence electrons. The van der Waals surface area contributed by atoms with Gasteiger partial charge in [0.15, 0.2) is 5.82 Å². The second kappa shape index (κ2) is 8.93. The van der Waals surface area contributed by atoms with E-state index >= 15 is 0 Å². The smallest absolute Gasteiger partial charge is 0.254 e. The van der Waals surface area contributed by atoms with E-state index in [2.05, 4.69) is 20.5 Å². The highest BCUT2D eigenvalue weighted by atomic mass is 16.3. The van der Waals surface area contributed by atoms with Crippen molar-refractivity contribution in [2.45, 2.75) is 26.8 Å². The van der Waals surface area contributed by atoms with Crippen molar-refractivity contribution in [3.63, 3.8) is 0 Å². The van der Waals surface area contributed by atoms with E-state index in [0.29, 0.717) is 35.8 Å². The summed E-state index contributed by atoms with van der Waals surface area (Å²) in [7, 11) is 0. The highest BCUT2D eigenvalue weighted by Gasteiger charge is 2.18. The molecule has 0 fully saturated rings. The first-order valence-electron chi connectivity index (χ1n) is 10.3. The van der Waals surface area contributed by atoms with Gasteiger partial charge in [-0.2, -0.15) is 5.10 Å². The van der Waals surface area contributed by atoms with Crippen molar-refractivity contribution in [3.05, 3.63) is 94.3 Å². The first-order chi connectivity index (χ1) is 15.4. The van der Waals surface area contributed by atoms with Crippen LogP contribution in [0.5, 0.6) is 5.75 Å². The zero-order valence-corrected chi connectivity index (χ0v) is 18.0. The summed E-state index contributed by atoms with van der Waals surface area (Å²) < 4.78 is 0. The minimum atomic E-state index is -0.542. The van der Waals surface area contributed by atoms with E-state index in [0.717, 1.165) is 33.5 Å². The fourth-order valence-electron chi connectivity index (χ4n) is 3.76. The average Bonchev–Trinajstić information content (AvgIpc) is 3.19. The van der Waals surface area contributed by atoms with Crippen LogP contribution in [0.4, 0.5) is 5.82 Å². The number of hydrogen-bond donors (Lipinski definition) is 4. The maximum absolute atomic E-state index is 12.2. The lowest BCUT2D eigenvalue weighted by Gasteiger charge is -2.10. The Labute approximate surface area is 186 Å². The van der Waals surface area contributed by atoms with Gasteiger partial charge in [-0.1, -0.05) is 42.5 Å². The van der Waals surface area contributed by atoms with Crippen LogP contribution in [-0.2, 0) is 13.0 Å². The first-order valence-corrected chi connectivity index (χ1v) is 10.3. The lowest BCUT2D eigenvalue weighted by molar-refractivity contribution is 0.100. The number of H-pyrrole nitrogens is 1. The Hall–Kier alpha value is -4.13. The number of pyridine rings is 1. The zero-order chi connectivity index (χ0) is 22.7. The molecule has 0 radical (unpaired) electrons. The summed E-state index contributed by atoms with van der Waals surface area (Å²) in [5.74, 6) is 0.170. The van der Waals surface area contributed by atoms with Crippen molar-refractivity contribution < 1.29 is 9.90 Å². The number of carbonyl (C=O) groups is 1. The standard InChI is InChI=1S/C25H25N5O2/c1-15-11-18(12-16(2)23(15)31)14-28-25-22(24(26)32)21(29-30-25)13-17-6-8-19(9-7-17)20-5-3-4-10-27-20/h3-12,31H,13-14H2,1-2H3,(H2,26,32)(H2,28,29,30). The second-order valence-corrected chi connectivity index (χ2v) is 7.81. The molecule has 1 amide bonds. The van der Waals surface area contributed by atoms with Gasteiger partial charge in [-0.25, -0.2) is 0 Å². The van der Waals surface area contributed by atoms with Crippen LogP contribution < -0.4 is 11.1 Å². The Morgan fingerprint density at radius 1 is 1.06 bits per heavy atom. The highest BCUT2D eigenvalue weighted by molar-refractivity contribution is 5.99. The number of nitrogens with two attached hydrogens (primary N) is 1. The van der Waals surface area contributed by atoms with Gasteiger partial charge in [0.25, 0.3) is 5.91 Å². The monoisotopic (exact) mass is 427 g/mol. The maximum Gasteiger partial charge on any atom is 0.254 e. The van der Waals surface area contributed by atoms with Crippen molar-refractivity contribution in [1.82, 2.24) is 15.2 Å².